The molecule has 1 fully saturated rings. The van der Waals surface area contributed by atoms with E-state index in [2.05, 4.69) is 11.4 Å². The number of carbonyl (C=O) groups excluding carboxylic acids is 2. The molecule has 7 heteroatoms. The largest absolute Gasteiger partial charge is 0.481 e. The number of hydrogen-bond donors (Lipinski definition) is 1. The van der Waals surface area contributed by atoms with Gasteiger partial charge in [-0.25, -0.2) is 0 Å². The van der Waals surface area contributed by atoms with Crippen LogP contribution >= 0.6 is 0 Å². The Bertz CT molecular complexity index is 1220. The number of rotatable bonds is 7. The summed E-state index contributed by atoms with van der Waals surface area (Å²) in [7, 11) is 0. The molecule has 3 heterocycles. The highest BCUT2D eigenvalue weighted by Crippen LogP contribution is 2.38. The standard InChI is InChI=1S/C29H32N2O5/c1-19-6-3-7-22(16-19)27-25-17-23(36-20(2)28(32)30-18-24-8-4-14-34-24)11-10-21(25)12-13-31(27)29(33)26-9-5-15-35-26/h3,5-7,9-11,15-17,20,24,27H,4,8,12-14,18H2,1-2H3,(H,30,32)/t20-,24-,27-/m1/s1. The SMILES string of the molecule is Cc1cccc([C@@H]2c3cc(O[C@H](C)C(=O)NC[C@H]4CCCO4)ccc3CCN2C(=O)c2ccco2)c1. The fourth-order valence-electron chi connectivity index (χ4n) is 5.05. The normalized spacial score (nSPS) is 20.0. The minimum absolute atomic E-state index is 0.0812. The van der Waals surface area contributed by atoms with Crippen LogP contribution in [0.3, 0.4) is 0 Å². The van der Waals surface area contributed by atoms with E-state index in [1.807, 2.05) is 48.2 Å². The molecule has 7 nitrogen and oxygen atoms in total. The molecule has 1 aromatic heterocycles. The first-order valence-corrected chi connectivity index (χ1v) is 12.6. The molecular formula is C29H32N2O5. The Morgan fingerprint density at radius 3 is 2.81 bits per heavy atom. The van der Waals surface area contributed by atoms with Gasteiger partial charge < -0.3 is 24.1 Å². The lowest BCUT2D eigenvalue weighted by Gasteiger charge is -2.37. The summed E-state index contributed by atoms with van der Waals surface area (Å²) < 4.78 is 17.1. The monoisotopic (exact) mass is 488 g/mol. The zero-order valence-corrected chi connectivity index (χ0v) is 20.7. The lowest BCUT2D eigenvalue weighted by Crippen LogP contribution is -2.41. The van der Waals surface area contributed by atoms with Crippen LogP contribution in [-0.2, 0) is 16.0 Å². The van der Waals surface area contributed by atoms with E-state index < -0.39 is 6.10 Å². The van der Waals surface area contributed by atoms with Gasteiger partial charge in [-0.2, -0.15) is 0 Å². The highest BCUT2D eigenvalue weighted by atomic mass is 16.5. The van der Waals surface area contributed by atoms with Crippen molar-refractivity contribution >= 4 is 11.8 Å². The van der Waals surface area contributed by atoms with E-state index in [9.17, 15) is 9.59 Å². The molecular weight excluding hydrogens is 456 g/mol. The Kier molecular flexibility index (Phi) is 7.09. The average Bonchev–Trinajstić information content (AvgIpc) is 3.61. The maximum atomic E-state index is 13.4. The van der Waals surface area contributed by atoms with Crippen LogP contribution in [-0.4, -0.2) is 48.6 Å². The van der Waals surface area contributed by atoms with Crippen LogP contribution in [0.1, 0.15) is 58.6 Å². The van der Waals surface area contributed by atoms with E-state index >= 15 is 0 Å². The van der Waals surface area contributed by atoms with Gasteiger partial charge in [-0.1, -0.05) is 35.9 Å². The number of benzene rings is 2. The number of hydrogen-bond acceptors (Lipinski definition) is 5. The van der Waals surface area contributed by atoms with Crippen LogP contribution in [0.15, 0.2) is 65.3 Å². The van der Waals surface area contributed by atoms with Crippen LogP contribution < -0.4 is 10.1 Å². The highest BCUT2D eigenvalue weighted by Gasteiger charge is 2.34. The Labute approximate surface area is 211 Å². The Balaban J connectivity index is 1.40. The number of nitrogens with zero attached hydrogens (tertiary/aromatic N) is 1. The Hall–Kier alpha value is -3.58. The van der Waals surface area contributed by atoms with Gasteiger partial charge in [0.25, 0.3) is 11.8 Å². The first-order chi connectivity index (χ1) is 17.5. The van der Waals surface area contributed by atoms with Gasteiger partial charge in [-0.05, 0) is 74.1 Å². The number of aryl methyl sites for hydroxylation is 1. The lowest BCUT2D eigenvalue weighted by atomic mass is 9.87. The molecule has 1 N–H and O–H groups in total. The lowest BCUT2D eigenvalue weighted by molar-refractivity contribution is -0.127. The number of carbonyl (C=O) groups is 2. The molecule has 2 aliphatic heterocycles. The third-order valence-electron chi connectivity index (χ3n) is 6.91. The third-order valence-corrected chi connectivity index (χ3v) is 6.91. The molecule has 5 rings (SSSR count). The van der Waals surface area contributed by atoms with Crippen molar-refractivity contribution in [3.63, 3.8) is 0 Å². The summed E-state index contributed by atoms with van der Waals surface area (Å²) in [6, 6.07) is 17.2. The fraction of sp³-hybridized carbons (Fsp3) is 0.379. The van der Waals surface area contributed by atoms with Crippen molar-refractivity contribution in [3.05, 3.63) is 88.9 Å². The van der Waals surface area contributed by atoms with E-state index in [1.54, 1.807) is 19.1 Å². The van der Waals surface area contributed by atoms with Gasteiger partial charge >= 0.3 is 0 Å². The molecule has 3 atom stereocenters. The average molecular weight is 489 g/mol. The summed E-state index contributed by atoms with van der Waals surface area (Å²) in [4.78, 5) is 27.9. The topological polar surface area (TPSA) is 81.0 Å². The zero-order valence-electron chi connectivity index (χ0n) is 20.7. The quantitative estimate of drug-likeness (QED) is 0.532. The van der Waals surface area contributed by atoms with Crippen LogP contribution in [0.2, 0.25) is 0 Å². The summed E-state index contributed by atoms with van der Waals surface area (Å²) in [6.45, 7) is 5.62. The molecule has 188 valence electrons. The number of amides is 2. The van der Waals surface area contributed by atoms with E-state index in [-0.39, 0.29) is 24.0 Å². The second-order valence-electron chi connectivity index (χ2n) is 9.54. The first-order valence-electron chi connectivity index (χ1n) is 12.6. The maximum absolute atomic E-state index is 13.4. The molecule has 36 heavy (non-hydrogen) atoms. The molecule has 0 bridgehead atoms. The number of ether oxygens (including phenoxy) is 2. The van der Waals surface area contributed by atoms with Gasteiger partial charge in [0.2, 0.25) is 0 Å². The Morgan fingerprint density at radius 1 is 1.17 bits per heavy atom. The summed E-state index contributed by atoms with van der Waals surface area (Å²) in [5, 5.41) is 2.93. The van der Waals surface area contributed by atoms with Gasteiger partial charge in [-0.3, -0.25) is 9.59 Å². The van der Waals surface area contributed by atoms with Crippen LogP contribution in [0.5, 0.6) is 5.75 Å². The Morgan fingerprint density at radius 2 is 2.06 bits per heavy atom. The second-order valence-corrected chi connectivity index (χ2v) is 9.54. The summed E-state index contributed by atoms with van der Waals surface area (Å²) >= 11 is 0. The molecule has 0 saturated carbocycles. The van der Waals surface area contributed by atoms with Crippen molar-refractivity contribution in [1.29, 1.82) is 0 Å². The number of nitrogens with one attached hydrogen (secondary N) is 1. The minimum Gasteiger partial charge on any atom is -0.481 e. The van der Waals surface area contributed by atoms with E-state index in [4.69, 9.17) is 13.9 Å². The van der Waals surface area contributed by atoms with Gasteiger partial charge in [0.1, 0.15) is 5.75 Å². The predicted octanol–water partition coefficient (Wildman–Crippen LogP) is 4.44. The summed E-state index contributed by atoms with van der Waals surface area (Å²) in [5.41, 5.74) is 4.30. The zero-order chi connectivity index (χ0) is 25.1. The van der Waals surface area contributed by atoms with E-state index in [1.165, 1.54) is 6.26 Å². The van der Waals surface area contributed by atoms with E-state index in [0.717, 1.165) is 48.1 Å². The number of fused-ring (bicyclic) bond motifs is 1. The molecule has 1 saturated heterocycles. The molecule has 2 aliphatic rings. The van der Waals surface area contributed by atoms with Gasteiger partial charge in [0.15, 0.2) is 11.9 Å². The smallest absolute Gasteiger partial charge is 0.290 e. The minimum atomic E-state index is -0.661. The molecule has 0 spiro atoms. The van der Waals surface area contributed by atoms with Crippen molar-refractivity contribution in [1.82, 2.24) is 10.2 Å². The predicted molar refractivity (Wildman–Crippen MR) is 135 cm³/mol. The molecule has 2 aromatic carbocycles. The van der Waals surface area contributed by atoms with Gasteiger partial charge in [-0.15, -0.1) is 0 Å². The fourth-order valence-corrected chi connectivity index (χ4v) is 5.05. The van der Waals surface area contributed by atoms with Gasteiger partial charge in [0, 0.05) is 19.7 Å². The van der Waals surface area contributed by atoms with Crippen molar-refractivity contribution in [2.24, 2.45) is 0 Å². The second kappa shape index (κ2) is 10.6. The molecule has 0 aliphatic carbocycles. The van der Waals surface area contributed by atoms with Crippen LogP contribution in [0.4, 0.5) is 0 Å². The van der Waals surface area contributed by atoms with Gasteiger partial charge in [0.05, 0.1) is 18.4 Å². The van der Waals surface area contributed by atoms with Crippen molar-refractivity contribution in [2.75, 3.05) is 19.7 Å². The van der Waals surface area contributed by atoms with Crippen LogP contribution in [0.25, 0.3) is 0 Å². The molecule has 0 unspecified atom stereocenters. The molecule has 3 aromatic rings. The third kappa shape index (κ3) is 5.16. The molecule has 2 amide bonds. The van der Waals surface area contributed by atoms with Crippen molar-refractivity contribution in [2.45, 2.75) is 51.4 Å². The van der Waals surface area contributed by atoms with Crippen molar-refractivity contribution < 1.29 is 23.5 Å². The summed E-state index contributed by atoms with van der Waals surface area (Å²) in [5.74, 6) is 0.594. The number of furan rings is 1. The highest BCUT2D eigenvalue weighted by molar-refractivity contribution is 5.92. The maximum Gasteiger partial charge on any atom is 0.290 e. The molecule has 0 radical (unpaired) electrons. The first kappa shape index (κ1) is 24.1. The van der Waals surface area contributed by atoms with Crippen molar-refractivity contribution in [3.8, 4) is 5.75 Å². The van der Waals surface area contributed by atoms with E-state index in [0.29, 0.717) is 24.6 Å². The van der Waals surface area contributed by atoms with Crippen LogP contribution in [0, 0.1) is 6.92 Å². The summed E-state index contributed by atoms with van der Waals surface area (Å²) in [6.07, 6.45) is 3.66.